The second-order valence-electron chi connectivity index (χ2n) is 7.41. The molecule has 7 nitrogen and oxygen atoms in total. The summed E-state index contributed by atoms with van der Waals surface area (Å²) in [4.78, 5) is 24.9. The highest BCUT2D eigenvalue weighted by atomic mass is 16.7. The van der Waals surface area contributed by atoms with Crippen molar-refractivity contribution in [2.75, 3.05) is 19.8 Å². The SMILES string of the molecule is C#CCNC(=O)C1=C[C@@H](c2cn(C(C)=O)c3ccccc23)[C@@H](CCCO)[C@@H](OCC)O1. The molecule has 0 bridgehead atoms. The van der Waals surface area contributed by atoms with Crippen LogP contribution in [-0.4, -0.2) is 47.5 Å². The molecular weight excluding hydrogens is 396 g/mol. The Hall–Kier alpha value is -3.08. The number of carbonyl (C=O) groups excluding carboxylic acids is 2. The summed E-state index contributed by atoms with van der Waals surface area (Å²) in [6, 6.07) is 7.66. The normalized spacial score (nSPS) is 20.6. The molecule has 0 fully saturated rings. The number of terminal acetylenes is 1. The smallest absolute Gasteiger partial charge is 0.286 e. The molecule has 31 heavy (non-hydrogen) atoms. The lowest BCUT2D eigenvalue weighted by atomic mass is 9.80. The minimum Gasteiger partial charge on any atom is -0.459 e. The van der Waals surface area contributed by atoms with E-state index in [1.54, 1.807) is 10.6 Å². The number of amides is 1. The van der Waals surface area contributed by atoms with Crippen LogP contribution in [0.4, 0.5) is 0 Å². The van der Waals surface area contributed by atoms with Gasteiger partial charge in [-0.15, -0.1) is 6.42 Å². The third kappa shape index (κ3) is 4.82. The fourth-order valence-corrected chi connectivity index (χ4v) is 4.07. The van der Waals surface area contributed by atoms with E-state index in [1.165, 1.54) is 6.92 Å². The van der Waals surface area contributed by atoms with Gasteiger partial charge >= 0.3 is 0 Å². The van der Waals surface area contributed by atoms with Crippen LogP contribution in [0, 0.1) is 18.3 Å². The van der Waals surface area contributed by atoms with E-state index in [0.29, 0.717) is 19.4 Å². The Morgan fingerprint density at radius 3 is 2.81 bits per heavy atom. The van der Waals surface area contributed by atoms with Gasteiger partial charge in [-0.2, -0.15) is 0 Å². The molecule has 1 aliphatic rings. The molecule has 0 saturated heterocycles. The highest BCUT2D eigenvalue weighted by molar-refractivity contribution is 5.95. The Morgan fingerprint density at radius 1 is 1.35 bits per heavy atom. The van der Waals surface area contributed by atoms with Crippen molar-refractivity contribution in [3.63, 3.8) is 0 Å². The fraction of sp³-hybridized carbons (Fsp3) is 0.417. The topological polar surface area (TPSA) is 89.8 Å². The van der Waals surface area contributed by atoms with Crippen LogP contribution in [0.2, 0.25) is 0 Å². The van der Waals surface area contributed by atoms with Crippen LogP contribution in [0.3, 0.4) is 0 Å². The van der Waals surface area contributed by atoms with Crippen LogP contribution < -0.4 is 5.32 Å². The lowest BCUT2D eigenvalue weighted by molar-refractivity contribution is -0.166. The molecule has 3 atom stereocenters. The number of aromatic nitrogens is 1. The molecule has 1 aromatic carbocycles. The molecule has 0 saturated carbocycles. The number of hydrogen-bond donors (Lipinski definition) is 2. The van der Waals surface area contributed by atoms with Gasteiger partial charge in [0.2, 0.25) is 12.2 Å². The highest BCUT2D eigenvalue weighted by Crippen LogP contribution is 2.42. The first-order valence-electron chi connectivity index (χ1n) is 10.4. The number of para-hydroxylation sites is 1. The minimum atomic E-state index is -0.669. The molecule has 1 aromatic heterocycles. The molecule has 2 aromatic rings. The van der Waals surface area contributed by atoms with Crippen molar-refractivity contribution >= 4 is 22.7 Å². The molecule has 2 heterocycles. The van der Waals surface area contributed by atoms with E-state index in [2.05, 4.69) is 11.2 Å². The lowest BCUT2D eigenvalue weighted by Gasteiger charge is -2.36. The molecule has 7 heteroatoms. The van der Waals surface area contributed by atoms with Crippen molar-refractivity contribution in [1.29, 1.82) is 0 Å². The molecule has 0 aliphatic carbocycles. The van der Waals surface area contributed by atoms with Crippen LogP contribution in [0.25, 0.3) is 10.9 Å². The predicted molar refractivity (Wildman–Crippen MR) is 117 cm³/mol. The van der Waals surface area contributed by atoms with E-state index in [0.717, 1.165) is 16.5 Å². The third-order valence-corrected chi connectivity index (χ3v) is 5.43. The van der Waals surface area contributed by atoms with Crippen molar-refractivity contribution in [2.24, 2.45) is 5.92 Å². The van der Waals surface area contributed by atoms with E-state index in [9.17, 15) is 14.7 Å². The molecule has 0 spiro atoms. The zero-order valence-electron chi connectivity index (χ0n) is 17.8. The molecule has 1 amide bonds. The summed E-state index contributed by atoms with van der Waals surface area (Å²) >= 11 is 0. The van der Waals surface area contributed by atoms with Crippen molar-refractivity contribution in [2.45, 2.75) is 38.9 Å². The predicted octanol–water partition coefficient (Wildman–Crippen LogP) is 2.80. The first-order chi connectivity index (χ1) is 15.0. The maximum absolute atomic E-state index is 12.6. The van der Waals surface area contributed by atoms with Gasteiger partial charge in [0.25, 0.3) is 5.91 Å². The lowest BCUT2D eigenvalue weighted by Crippen LogP contribution is -2.39. The second-order valence-corrected chi connectivity index (χ2v) is 7.41. The molecular formula is C24H28N2O5. The summed E-state index contributed by atoms with van der Waals surface area (Å²) in [5.74, 6) is 1.60. The number of rotatable bonds is 8. The van der Waals surface area contributed by atoms with Gasteiger partial charge in [0.05, 0.1) is 12.1 Å². The van der Waals surface area contributed by atoms with Gasteiger partial charge in [-0.1, -0.05) is 24.1 Å². The quantitative estimate of drug-likeness (QED) is 0.636. The average molecular weight is 424 g/mol. The van der Waals surface area contributed by atoms with Gasteiger partial charge in [-0.3, -0.25) is 14.2 Å². The summed E-state index contributed by atoms with van der Waals surface area (Å²) in [5.41, 5.74) is 1.71. The number of aliphatic hydroxyl groups excluding tert-OH is 1. The molecule has 0 radical (unpaired) electrons. The van der Waals surface area contributed by atoms with Gasteiger partial charge in [-0.25, -0.2) is 0 Å². The highest BCUT2D eigenvalue weighted by Gasteiger charge is 2.39. The van der Waals surface area contributed by atoms with E-state index >= 15 is 0 Å². The van der Waals surface area contributed by atoms with Crippen LogP contribution >= 0.6 is 0 Å². The number of hydrogen-bond acceptors (Lipinski definition) is 5. The first-order valence-corrected chi connectivity index (χ1v) is 10.4. The summed E-state index contributed by atoms with van der Waals surface area (Å²) in [6.45, 7) is 3.90. The Morgan fingerprint density at radius 2 is 2.13 bits per heavy atom. The molecule has 164 valence electrons. The van der Waals surface area contributed by atoms with Crippen LogP contribution in [0.15, 0.2) is 42.3 Å². The van der Waals surface area contributed by atoms with Crippen molar-refractivity contribution < 1.29 is 24.2 Å². The second kappa shape index (κ2) is 10.3. The Labute approximate surface area is 182 Å². The van der Waals surface area contributed by atoms with Crippen LogP contribution in [-0.2, 0) is 14.3 Å². The number of ether oxygens (including phenoxy) is 2. The zero-order valence-corrected chi connectivity index (χ0v) is 17.8. The van der Waals surface area contributed by atoms with E-state index < -0.39 is 12.2 Å². The van der Waals surface area contributed by atoms with E-state index in [4.69, 9.17) is 15.9 Å². The third-order valence-electron chi connectivity index (χ3n) is 5.43. The number of carbonyl (C=O) groups is 2. The molecule has 0 unspecified atom stereocenters. The standard InChI is InChI=1S/C24H28N2O5/c1-4-12-25-23(29)22-14-19(18(10-8-13-27)24(31-22)30-5-2)20-15-26(16(3)28)21-11-7-6-9-17(20)21/h1,6-7,9,11,14-15,18-19,24,27H,5,8,10,12-13H2,2-3H3,(H,25,29)/t18-,19-,24+/m1/s1. The van der Waals surface area contributed by atoms with E-state index in [-0.39, 0.29) is 36.7 Å². The van der Waals surface area contributed by atoms with E-state index in [1.807, 2.05) is 37.4 Å². The molecule has 1 aliphatic heterocycles. The van der Waals surface area contributed by atoms with Crippen molar-refractivity contribution in [3.05, 3.63) is 47.9 Å². The Kier molecular flexibility index (Phi) is 7.50. The number of nitrogens with one attached hydrogen (secondary N) is 1. The van der Waals surface area contributed by atoms with Crippen molar-refractivity contribution in [1.82, 2.24) is 9.88 Å². The summed E-state index contributed by atoms with van der Waals surface area (Å²) in [6.07, 6.45) is 9.38. The summed E-state index contributed by atoms with van der Waals surface area (Å²) < 4.78 is 13.4. The van der Waals surface area contributed by atoms with Gasteiger partial charge in [0.1, 0.15) is 0 Å². The monoisotopic (exact) mass is 424 g/mol. The first kappa shape index (κ1) is 22.6. The number of benzene rings is 1. The van der Waals surface area contributed by atoms with Gasteiger partial charge in [0, 0.05) is 43.6 Å². The van der Waals surface area contributed by atoms with Crippen LogP contribution in [0.1, 0.15) is 43.0 Å². The van der Waals surface area contributed by atoms with Gasteiger partial charge in [0.15, 0.2) is 5.76 Å². The Balaban J connectivity index is 2.14. The van der Waals surface area contributed by atoms with Gasteiger partial charge < -0.3 is 19.9 Å². The number of fused-ring (bicyclic) bond motifs is 1. The van der Waals surface area contributed by atoms with Gasteiger partial charge in [-0.05, 0) is 37.5 Å². The Bertz CT molecular complexity index is 1020. The summed E-state index contributed by atoms with van der Waals surface area (Å²) in [5, 5.41) is 13.0. The molecule has 3 rings (SSSR count). The van der Waals surface area contributed by atoms with Crippen molar-refractivity contribution in [3.8, 4) is 12.3 Å². The summed E-state index contributed by atoms with van der Waals surface area (Å²) in [7, 11) is 0. The number of allylic oxidation sites excluding steroid dienone is 1. The number of nitrogens with zero attached hydrogens (tertiary/aromatic N) is 1. The maximum atomic E-state index is 12.6. The molecule has 2 N–H and O–H groups in total. The largest absolute Gasteiger partial charge is 0.459 e. The zero-order chi connectivity index (χ0) is 22.4. The average Bonchev–Trinajstić information content (AvgIpc) is 3.16. The number of aliphatic hydroxyl groups is 1. The minimum absolute atomic E-state index is 0.0382. The van der Waals surface area contributed by atoms with Crippen LogP contribution in [0.5, 0.6) is 0 Å². The maximum Gasteiger partial charge on any atom is 0.286 e. The fourth-order valence-electron chi connectivity index (χ4n) is 4.07.